The molecule has 13 heteroatoms. The van der Waals surface area contributed by atoms with Crippen LogP contribution in [0.2, 0.25) is 5.02 Å². The molecule has 0 fully saturated rings. The molecule has 192 valence electrons. The van der Waals surface area contributed by atoms with Gasteiger partial charge in [0.1, 0.15) is 18.0 Å². The van der Waals surface area contributed by atoms with Crippen molar-refractivity contribution in [2.24, 2.45) is 0 Å². The summed E-state index contributed by atoms with van der Waals surface area (Å²) in [6.45, 7) is 2.01. The molecule has 3 N–H and O–H groups in total. The zero-order valence-electron chi connectivity index (χ0n) is 19.9. The standard InChI is InChI=1S/C25H20ClF2N9O/c1-12-6-14(9-21-30-10-17(32-21)15-2-5-20(29)33-25(15)28)37-19(12)7-13(8-22(37)38)23-18(36-11-31-34-35-36)4-3-16(26)24(23)27/h2-5,7-8,10-12,14H,6,9H2,1H3,(H2,29,33)(H,30,32)/t12-,14-/m0/s1. The maximum Gasteiger partial charge on any atom is 0.251 e. The lowest BCUT2D eigenvalue weighted by atomic mass is 9.99. The van der Waals surface area contributed by atoms with Crippen LogP contribution in [-0.2, 0) is 6.42 Å². The van der Waals surface area contributed by atoms with E-state index in [0.29, 0.717) is 35.6 Å². The van der Waals surface area contributed by atoms with E-state index in [1.54, 1.807) is 16.7 Å². The van der Waals surface area contributed by atoms with Crippen molar-refractivity contribution in [1.29, 1.82) is 0 Å². The molecule has 1 aliphatic heterocycles. The molecule has 5 heterocycles. The number of tetrazole rings is 1. The van der Waals surface area contributed by atoms with Crippen molar-refractivity contribution in [3.63, 3.8) is 0 Å². The van der Waals surface area contributed by atoms with Crippen molar-refractivity contribution < 1.29 is 8.78 Å². The summed E-state index contributed by atoms with van der Waals surface area (Å²) in [5, 5.41) is 11.0. The average molecular weight is 536 g/mol. The number of imidazole rings is 1. The number of aromatic nitrogens is 8. The van der Waals surface area contributed by atoms with Crippen molar-refractivity contribution in [2.45, 2.75) is 31.7 Å². The Hall–Kier alpha value is -4.45. The van der Waals surface area contributed by atoms with E-state index in [9.17, 15) is 9.18 Å². The number of pyridine rings is 2. The summed E-state index contributed by atoms with van der Waals surface area (Å²) in [7, 11) is 0. The van der Waals surface area contributed by atoms with Crippen LogP contribution in [0, 0.1) is 11.8 Å². The number of nitrogens with one attached hydrogen (secondary N) is 1. The van der Waals surface area contributed by atoms with Gasteiger partial charge in [0.25, 0.3) is 5.56 Å². The molecular weight excluding hydrogens is 516 g/mol. The normalized spacial score (nSPS) is 16.6. The average Bonchev–Trinajstić information content (AvgIpc) is 3.63. The molecule has 0 radical (unpaired) electrons. The third-order valence-electron chi connectivity index (χ3n) is 6.77. The van der Waals surface area contributed by atoms with Gasteiger partial charge in [0.2, 0.25) is 5.95 Å². The van der Waals surface area contributed by atoms with Crippen LogP contribution in [-0.4, -0.2) is 39.7 Å². The Morgan fingerprint density at radius 2 is 2.05 bits per heavy atom. The number of benzene rings is 1. The van der Waals surface area contributed by atoms with Gasteiger partial charge < -0.3 is 15.3 Å². The van der Waals surface area contributed by atoms with E-state index in [4.69, 9.17) is 17.3 Å². The molecule has 4 aromatic heterocycles. The molecule has 0 bridgehead atoms. The van der Waals surface area contributed by atoms with E-state index in [2.05, 4.69) is 30.5 Å². The Balaban J connectivity index is 1.36. The van der Waals surface area contributed by atoms with E-state index >= 15 is 4.39 Å². The topological polar surface area (TPSA) is 133 Å². The van der Waals surface area contributed by atoms with E-state index < -0.39 is 11.8 Å². The van der Waals surface area contributed by atoms with Crippen LogP contribution in [0.15, 0.2) is 53.7 Å². The number of nitrogen functional groups attached to an aromatic ring is 1. The molecule has 1 aliphatic rings. The molecule has 0 aliphatic carbocycles. The van der Waals surface area contributed by atoms with Crippen molar-refractivity contribution in [1.82, 2.24) is 39.7 Å². The highest BCUT2D eigenvalue weighted by molar-refractivity contribution is 6.31. The number of nitrogens with two attached hydrogens (primary N) is 1. The molecule has 5 aromatic rings. The van der Waals surface area contributed by atoms with Gasteiger partial charge in [0, 0.05) is 29.8 Å². The van der Waals surface area contributed by atoms with Crippen molar-refractivity contribution in [3.05, 3.63) is 87.6 Å². The van der Waals surface area contributed by atoms with Gasteiger partial charge in [0.05, 0.1) is 28.2 Å². The minimum Gasteiger partial charge on any atom is -0.384 e. The second kappa shape index (κ2) is 9.14. The molecule has 0 saturated heterocycles. The fourth-order valence-corrected chi connectivity index (χ4v) is 5.23. The zero-order chi connectivity index (χ0) is 26.6. The Morgan fingerprint density at radius 1 is 1.21 bits per heavy atom. The lowest BCUT2D eigenvalue weighted by molar-refractivity contribution is 0.490. The van der Waals surface area contributed by atoms with Crippen LogP contribution in [0.4, 0.5) is 14.6 Å². The van der Waals surface area contributed by atoms with Crippen LogP contribution in [0.1, 0.15) is 36.8 Å². The number of rotatable bonds is 5. The van der Waals surface area contributed by atoms with Crippen LogP contribution < -0.4 is 11.3 Å². The number of halogens is 3. The first-order chi connectivity index (χ1) is 18.3. The molecule has 0 saturated carbocycles. The highest BCUT2D eigenvalue weighted by Gasteiger charge is 2.31. The molecule has 0 spiro atoms. The van der Waals surface area contributed by atoms with Gasteiger partial charge in [-0.2, -0.15) is 9.07 Å². The predicted octanol–water partition coefficient (Wildman–Crippen LogP) is 4.08. The fraction of sp³-hybridized carbons (Fsp3) is 0.200. The third kappa shape index (κ3) is 4.02. The summed E-state index contributed by atoms with van der Waals surface area (Å²) in [6.07, 6.45) is 3.96. The molecule has 38 heavy (non-hydrogen) atoms. The zero-order valence-corrected chi connectivity index (χ0v) is 20.7. The van der Waals surface area contributed by atoms with Gasteiger partial charge in [-0.3, -0.25) is 4.79 Å². The van der Waals surface area contributed by atoms with E-state index in [0.717, 1.165) is 5.69 Å². The molecule has 1 aromatic carbocycles. The number of nitrogens with zero attached hydrogens (tertiary/aromatic N) is 7. The third-order valence-corrected chi connectivity index (χ3v) is 7.06. The molecule has 10 nitrogen and oxygen atoms in total. The monoisotopic (exact) mass is 535 g/mol. The van der Waals surface area contributed by atoms with Crippen molar-refractivity contribution in [2.75, 3.05) is 5.73 Å². The summed E-state index contributed by atoms with van der Waals surface area (Å²) >= 11 is 6.10. The Kier molecular flexibility index (Phi) is 5.75. The van der Waals surface area contributed by atoms with E-state index in [1.807, 2.05) is 6.92 Å². The number of hydrogen-bond donors (Lipinski definition) is 2. The largest absolute Gasteiger partial charge is 0.384 e. The SMILES string of the molecule is C[C@H]1C[C@@H](Cc2ncc(-c3ccc(N)nc3F)[nH]2)n2c1cc(-c1c(-n3cnnn3)ccc(Cl)c1F)cc2=O. The minimum atomic E-state index is -0.696. The lowest BCUT2D eigenvalue weighted by Crippen LogP contribution is -2.24. The molecular formula is C25H20ClF2N9O. The van der Waals surface area contributed by atoms with Crippen molar-refractivity contribution >= 4 is 17.4 Å². The number of H-pyrrole nitrogens is 1. The van der Waals surface area contributed by atoms with Gasteiger partial charge in [-0.15, -0.1) is 5.10 Å². The van der Waals surface area contributed by atoms with Gasteiger partial charge >= 0.3 is 0 Å². The number of fused-ring (bicyclic) bond motifs is 1. The number of hydrogen-bond acceptors (Lipinski definition) is 7. The first-order valence-electron chi connectivity index (χ1n) is 11.7. The van der Waals surface area contributed by atoms with Gasteiger partial charge in [-0.1, -0.05) is 18.5 Å². The Labute approximate surface area is 219 Å². The van der Waals surface area contributed by atoms with Crippen LogP contribution >= 0.6 is 11.6 Å². The molecule has 0 amide bonds. The second-order valence-electron chi connectivity index (χ2n) is 9.20. The Bertz CT molecular complexity index is 1730. The minimum absolute atomic E-state index is 0.0135. The van der Waals surface area contributed by atoms with Crippen LogP contribution in [0.5, 0.6) is 0 Å². The van der Waals surface area contributed by atoms with E-state index in [1.165, 1.54) is 41.5 Å². The quantitative estimate of drug-likeness (QED) is 0.324. The maximum atomic E-state index is 15.3. The first-order valence-corrected chi connectivity index (χ1v) is 12.1. The van der Waals surface area contributed by atoms with Crippen molar-refractivity contribution in [3.8, 4) is 28.1 Å². The van der Waals surface area contributed by atoms with Gasteiger partial charge in [-0.25, -0.2) is 14.4 Å². The predicted molar refractivity (Wildman–Crippen MR) is 136 cm³/mol. The molecule has 2 atom stereocenters. The maximum absolute atomic E-state index is 15.3. The van der Waals surface area contributed by atoms with E-state index in [-0.39, 0.29) is 39.5 Å². The van der Waals surface area contributed by atoms with Crippen LogP contribution in [0.25, 0.3) is 28.1 Å². The lowest BCUT2D eigenvalue weighted by Gasteiger charge is -2.16. The Morgan fingerprint density at radius 3 is 2.82 bits per heavy atom. The summed E-state index contributed by atoms with van der Waals surface area (Å²) in [6, 6.07) is 9.06. The molecule has 6 rings (SSSR count). The summed E-state index contributed by atoms with van der Waals surface area (Å²) < 4.78 is 32.6. The summed E-state index contributed by atoms with van der Waals surface area (Å²) in [5.41, 5.74) is 7.61. The summed E-state index contributed by atoms with van der Waals surface area (Å²) in [5.74, 6) is -0.667. The van der Waals surface area contributed by atoms with Gasteiger partial charge in [-0.05, 0) is 58.7 Å². The highest BCUT2D eigenvalue weighted by atomic mass is 35.5. The number of aromatic amines is 1. The van der Waals surface area contributed by atoms with Crippen LogP contribution in [0.3, 0.4) is 0 Å². The summed E-state index contributed by atoms with van der Waals surface area (Å²) in [4.78, 5) is 24.6. The number of anilines is 1. The molecule has 0 unspecified atom stereocenters. The highest BCUT2D eigenvalue weighted by Crippen LogP contribution is 2.40. The first kappa shape index (κ1) is 23.9. The fourth-order valence-electron chi connectivity index (χ4n) is 5.08. The van der Waals surface area contributed by atoms with Gasteiger partial charge in [0.15, 0.2) is 5.82 Å². The second-order valence-corrected chi connectivity index (χ2v) is 9.61. The smallest absolute Gasteiger partial charge is 0.251 e.